The number of ether oxygens (including phenoxy) is 1. The molecule has 0 spiro atoms. The van der Waals surface area contributed by atoms with Gasteiger partial charge in [-0.15, -0.1) is 0 Å². The molecule has 1 aromatic heterocycles. The molecule has 0 radical (unpaired) electrons. The third-order valence-corrected chi connectivity index (χ3v) is 3.93. The summed E-state index contributed by atoms with van der Waals surface area (Å²) in [6, 6.07) is 4.34. The molecule has 2 unspecified atom stereocenters. The maximum absolute atomic E-state index is 13.5. The minimum Gasteiger partial charge on any atom is -0.391 e. The Morgan fingerprint density at radius 3 is 2.92 bits per heavy atom. The molecular formula is C16H16F2N2O4. The summed E-state index contributed by atoms with van der Waals surface area (Å²) in [5.74, 6) is -2.02. The van der Waals surface area contributed by atoms with Crippen LogP contribution in [0.5, 0.6) is 0 Å². The van der Waals surface area contributed by atoms with Crippen molar-refractivity contribution in [2.24, 2.45) is 0 Å². The number of halogens is 2. The predicted molar refractivity (Wildman–Crippen MR) is 78.0 cm³/mol. The van der Waals surface area contributed by atoms with Crippen LogP contribution >= 0.6 is 0 Å². The zero-order valence-corrected chi connectivity index (χ0v) is 12.9. The quantitative estimate of drug-likeness (QED) is 0.923. The molecule has 0 saturated carbocycles. The van der Waals surface area contributed by atoms with Gasteiger partial charge < -0.3 is 19.3 Å². The molecule has 24 heavy (non-hydrogen) atoms. The third kappa shape index (κ3) is 3.15. The number of nitrogens with zero attached hydrogens (tertiary/aromatic N) is 2. The van der Waals surface area contributed by atoms with Gasteiger partial charge in [-0.25, -0.2) is 8.78 Å². The number of hydrogen-bond donors (Lipinski definition) is 1. The molecular weight excluding hydrogens is 322 g/mol. The predicted octanol–water partition coefficient (Wildman–Crippen LogP) is 2.05. The van der Waals surface area contributed by atoms with Crippen molar-refractivity contribution < 1.29 is 27.9 Å². The van der Waals surface area contributed by atoms with Gasteiger partial charge in [0.15, 0.2) is 23.1 Å². The highest BCUT2D eigenvalue weighted by atomic mass is 19.2. The van der Waals surface area contributed by atoms with Gasteiger partial charge in [0.2, 0.25) is 0 Å². The van der Waals surface area contributed by atoms with Crippen molar-refractivity contribution in [2.75, 3.05) is 13.7 Å². The fourth-order valence-electron chi connectivity index (χ4n) is 2.85. The summed E-state index contributed by atoms with van der Waals surface area (Å²) in [4.78, 5) is 14.0. The monoisotopic (exact) mass is 338 g/mol. The number of amides is 1. The molecule has 3 rings (SSSR count). The lowest BCUT2D eigenvalue weighted by molar-refractivity contribution is 0.0704. The fraction of sp³-hybridized carbons (Fsp3) is 0.375. The number of aliphatic hydroxyl groups is 1. The van der Waals surface area contributed by atoms with E-state index in [1.807, 2.05) is 0 Å². The van der Waals surface area contributed by atoms with Crippen LogP contribution in [0, 0.1) is 11.6 Å². The zero-order chi connectivity index (χ0) is 17.3. The Bertz CT molecular complexity index is 749. The Balaban J connectivity index is 1.86. The van der Waals surface area contributed by atoms with Gasteiger partial charge in [-0.3, -0.25) is 4.79 Å². The highest BCUT2D eigenvalue weighted by molar-refractivity contribution is 5.92. The molecule has 2 atom stereocenters. The van der Waals surface area contributed by atoms with Crippen LogP contribution in [-0.4, -0.2) is 40.8 Å². The number of hydrogen-bond acceptors (Lipinski definition) is 5. The standard InChI is InChI=1S/C16H16F2N2O4/c1-23-8-11-6-14(19-24-11)16(22)20-7-10(21)5-15(20)9-2-3-12(17)13(18)4-9/h2-4,6,10,15,21H,5,7-8H2,1H3. The van der Waals surface area contributed by atoms with Gasteiger partial charge in [0, 0.05) is 19.7 Å². The number of rotatable bonds is 4. The number of aromatic nitrogens is 1. The van der Waals surface area contributed by atoms with Crippen molar-refractivity contribution in [3.63, 3.8) is 0 Å². The number of benzene rings is 1. The lowest BCUT2D eigenvalue weighted by Gasteiger charge is -2.23. The molecule has 1 aliphatic heterocycles. The van der Waals surface area contributed by atoms with E-state index in [1.165, 1.54) is 24.1 Å². The summed E-state index contributed by atoms with van der Waals surface area (Å²) in [6.07, 6.45) is -0.517. The number of aliphatic hydroxyl groups excluding tert-OH is 1. The maximum atomic E-state index is 13.5. The van der Waals surface area contributed by atoms with Gasteiger partial charge in [-0.1, -0.05) is 11.2 Å². The fourth-order valence-corrected chi connectivity index (χ4v) is 2.85. The van der Waals surface area contributed by atoms with E-state index in [-0.39, 0.29) is 25.3 Å². The molecule has 1 amide bonds. The second-order valence-corrected chi connectivity index (χ2v) is 5.65. The summed E-state index contributed by atoms with van der Waals surface area (Å²) in [6.45, 7) is 0.254. The van der Waals surface area contributed by atoms with Crippen molar-refractivity contribution in [1.29, 1.82) is 0 Å². The second-order valence-electron chi connectivity index (χ2n) is 5.65. The molecule has 1 aliphatic rings. The Hall–Kier alpha value is -2.32. The largest absolute Gasteiger partial charge is 0.391 e. The van der Waals surface area contributed by atoms with Gasteiger partial charge >= 0.3 is 0 Å². The Kier molecular flexibility index (Phi) is 4.59. The molecule has 0 bridgehead atoms. The number of carbonyl (C=O) groups excluding carboxylic acids is 1. The van der Waals surface area contributed by atoms with Gasteiger partial charge in [0.1, 0.15) is 6.61 Å². The molecule has 1 aromatic carbocycles. The number of carbonyl (C=O) groups is 1. The zero-order valence-electron chi connectivity index (χ0n) is 12.9. The summed E-state index contributed by atoms with van der Waals surface area (Å²) in [7, 11) is 1.49. The number of likely N-dealkylation sites (tertiary alicyclic amines) is 1. The van der Waals surface area contributed by atoms with E-state index in [0.29, 0.717) is 11.3 Å². The van der Waals surface area contributed by atoms with Crippen molar-refractivity contribution >= 4 is 5.91 Å². The molecule has 1 fully saturated rings. The first-order chi connectivity index (χ1) is 11.5. The maximum Gasteiger partial charge on any atom is 0.276 e. The average Bonchev–Trinajstić information content (AvgIpc) is 3.16. The minimum atomic E-state index is -0.995. The van der Waals surface area contributed by atoms with Crippen LogP contribution < -0.4 is 0 Å². The molecule has 1 saturated heterocycles. The lowest BCUT2D eigenvalue weighted by atomic mass is 10.0. The molecule has 6 nitrogen and oxygen atoms in total. The van der Waals surface area contributed by atoms with E-state index in [9.17, 15) is 18.7 Å². The molecule has 8 heteroatoms. The average molecular weight is 338 g/mol. The normalized spacial score (nSPS) is 20.6. The van der Waals surface area contributed by atoms with Crippen LogP contribution in [0.3, 0.4) is 0 Å². The van der Waals surface area contributed by atoms with Gasteiger partial charge in [-0.05, 0) is 24.1 Å². The van der Waals surface area contributed by atoms with Crippen molar-refractivity contribution in [3.8, 4) is 0 Å². The van der Waals surface area contributed by atoms with Crippen LogP contribution in [0.4, 0.5) is 8.78 Å². The Morgan fingerprint density at radius 1 is 1.42 bits per heavy atom. The molecule has 1 N–H and O–H groups in total. The molecule has 2 aromatic rings. The summed E-state index contributed by atoms with van der Waals surface area (Å²) < 4.78 is 36.5. The van der Waals surface area contributed by atoms with Crippen molar-refractivity contribution in [2.45, 2.75) is 25.2 Å². The molecule has 0 aliphatic carbocycles. The first-order valence-electron chi connectivity index (χ1n) is 7.38. The number of methoxy groups -OCH3 is 1. The third-order valence-electron chi connectivity index (χ3n) is 3.93. The first-order valence-corrected chi connectivity index (χ1v) is 7.38. The van der Waals surface area contributed by atoms with Gasteiger partial charge in [0.25, 0.3) is 5.91 Å². The Labute approximate surface area is 136 Å². The molecule has 2 heterocycles. The van der Waals surface area contributed by atoms with E-state index in [0.717, 1.165) is 12.1 Å². The van der Waals surface area contributed by atoms with E-state index in [1.54, 1.807) is 0 Å². The minimum absolute atomic E-state index is 0.0729. The number of β-amino-alcohol motifs (C(OH)–C–C–N with tert-alkyl or cyclic N) is 1. The molecule has 128 valence electrons. The van der Waals surface area contributed by atoms with E-state index in [4.69, 9.17) is 9.26 Å². The Morgan fingerprint density at radius 2 is 2.21 bits per heavy atom. The topological polar surface area (TPSA) is 75.8 Å². The summed E-state index contributed by atoms with van der Waals surface area (Å²) >= 11 is 0. The van der Waals surface area contributed by atoms with Gasteiger partial charge in [-0.2, -0.15) is 0 Å². The smallest absolute Gasteiger partial charge is 0.276 e. The van der Waals surface area contributed by atoms with Crippen LogP contribution in [-0.2, 0) is 11.3 Å². The van der Waals surface area contributed by atoms with E-state index in [2.05, 4.69) is 5.16 Å². The summed E-state index contributed by atoms with van der Waals surface area (Å²) in [5.41, 5.74) is 0.489. The van der Waals surface area contributed by atoms with Crippen LogP contribution in [0.2, 0.25) is 0 Å². The highest BCUT2D eigenvalue weighted by Crippen LogP contribution is 2.34. The van der Waals surface area contributed by atoms with E-state index >= 15 is 0 Å². The highest BCUT2D eigenvalue weighted by Gasteiger charge is 2.37. The van der Waals surface area contributed by atoms with Crippen molar-refractivity contribution in [1.82, 2.24) is 10.1 Å². The second kappa shape index (κ2) is 6.66. The van der Waals surface area contributed by atoms with Crippen LogP contribution in [0.1, 0.15) is 34.3 Å². The first kappa shape index (κ1) is 16.5. The van der Waals surface area contributed by atoms with Crippen molar-refractivity contribution in [3.05, 3.63) is 52.9 Å². The summed E-state index contributed by atoms with van der Waals surface area (Å²) in [5, 5.41) is 13.6. The van der Waals surface area contributed by atoms with Crippen LogP contribution in [0.15, 0.2) is 28.8 Å². The lowest BCUT2D eigenvalue weighted by Crippen LogP contribution is -2.32. The van der Waals surface area contributed by atoms with Gasteiger partial charge in [0.05, 0.1) is 12.1 Å². The van der Waals surface area contributed by atoms with E-state index < -0.39 is 29.7 Å². The van der Waals surface area contributed by atoms with Crippen LogP contribution in [0.25, 0.3) is 0 Å². The SMILES string of the molecule is COCc1cc(C(=O)N2CC(O)CC2c2ccc(F)c(F)c2)no1.